The van der Waals surface area contributed by atoms with Crippen LogP contribution in [0.1, 0.15) is 0 Å². The fourth-order valence-corrected chi connectivity index (χ4v) is 0.821. The molecule has 6 heteroatoms. The highest BCUT2D eigenvalue weighted by molar-refractivity contribution is 5.85. The van der Waals surface area contributed by atoms with Crippen LogP contribution in [0.25, 0.3) is 11.4 Å². The van der Waals surface area contributed by atoms with E-state index in [1.807, 2.05) is 0 Å². The van der Waals surface area contributed by atoms with E-state index in [2.05, 4.69) is 20.2 Å². The minimum atomic E-state index is 0. The first-order chi connectivity index (χ1) is 5.47. The van der Waals surface area contributed by atoms with Crippen LogP contribution >= 0.6 is 24.8 Å². The van der Waals surface area contributed by atoms with Crippen LogP contribution in [0.5, 0.6) is 0 Å². The number of hydrogen-bond donors (Lipinski definition) is 1. The molecule has 0 aliphatic heterocycles. The first-order valence-electron chi connectivity index (χ1n) is 3.23. The summed E-state index contributed by atoms with van der Waals surface area (Å²) in [6, 6.07) is 1.78. The van der Waals surface area contributed by atoms with Crippen molar-refractivity contribution in [1.82, 2.24) is 20.2 Å². The first-order valence-corrected chi connectivity index (χ1v) is 3.23. The molecule has 13 heavy (non-hydrogen) atoms. The predicted molar refractivity (Wildman–Crippen MR) is 54.1 cm³/mol. The van der Waals surface area contributed by atoms with Crippen LogP contribution in [0.4, 0.5) is 0 Å². The Balaban J connectivity index is 0.000000720. The van der Waals surface area contributed by atoms with Crippen LogP contribution in [0.2, 0.25) is 0 Å². The van der Waals surface area contributed by atoms with Crippen LogP contribution in [0.3, 0.4) is 0 Å². The summed E-state index contributed by atoms with van der Waals surface area (Å²) in [7, 11) is 0. The van der Waals surface area contributed by atoms with E-state index in [1.165, 1.54) is 0 Å². The number of nitrogens with one attached hydrogen (secondary N) is 1. The lowest BCUT2D eigenvalue weighted by Gasteiger charge is -1.90. The van der Waals surface area contributed by atoms with Gasteiger partial charge in [0.05, 0.1) is 11.8 Å². The zero-order chi connectivity index (χ0) is 7.52. The van der Waals surface area contributed by atoms with Gasteiger partial charge in [0.25, 0.3) is 0 Å². The molecule has 0 saturated carbocycles. The highest BCUT2D eigenvalue weighted by Crippen LogP contribution is 2.08. The van der Waals surface area contributed by atoms with Gasteiger partial charge in [-0.2, -0.15) is 5.10 Å². The standard InChI is InChI=1S/C7H6N4.2ClH/c1-2-8-7(9-3-1)6-4-10-11-5-6;;/h1-5H,(H,10,11);2*1H. The maximum absolute atomic E-state index is 4.05. The summed E-state index contributed by atoms with van der Waals surface area (Å²) in [5.74, 6) is 0.696. The number of nitrogens with zero attached hydrogens (tertiary/aromatic N) is 3. The lowest BCUT2D eigenvalue weighted by Crippen LogP contribution is -1.83. The van der Waals surface area contributed by atoms with Gasteiger partial charge < -0.3 is 0 Å². The van der Waals surface area contributed by atoms with E-state index in [0.29, 0.717) is 5.82 Å². The summed E-state index contributed by atoms with van der Waals surface area (Å²) in [4.78, 5) is 8.10. The molecule has 70 valence electrons. The molecule has 0 saturated heterocycles. The highest BCUT2D eigenvalue weighted by atomic mass is 35.5. The predicted octanol–water partition coefficient (Wildman–Crippen LogP) is 1.71. The average molecular weight is 219 g/mol. The van der Waals surface area contributed by atoms with Gasteiger partial charge in [-0.05, 0) is 6.07 Å². The van der Waals surface area contributed by atoms with Crippen molar-refractivity contribution in [3.8, 4) is 11.4 Å². The summed E-state index contributed by atoms with van der Waals surface area (Å²) in [6.07, 6.45) is 6.86. The molecular formula is C7H8Cl2N4. The van der Waals surface area contributed by atoms with Crippen LogP contribution in [-0.4, -0.2) is 20.2 Å². The molecule has 0 bridgehead atoms. The van der Waals surface area contributed by atoms with E-state index in [4.69, 9.17) is 0 Å². The van der Waals surface area contributed by atoms with Gasteiger partial charge in [0.2, 0.25) is 0 Å². The van der Waals surface area contributed by atoms with Crippen molar-refractivity contribution in [1.29, 1.82) is 0 Å². The van der Waals surface area contributed by atoms with Gasteiger partial charge in [0.1, 0.15) is 0 Å². The van der Waals surface area contributed by atoms with Gasteiger partial charge >= 0.3 is 0 Å². The number of halogens is 2. The third-order valence-electron chi connectivity index (χ3n) is 1.32. The van der Waals surface area contributed by atoms with Crippen molar-refractivity contribution in [2.75, 3.05) is 0 Å². The summed E-state index contributed by atoms with van der Waals surface area (Å²) >= 11 is 0. The fourth-order valence-electron chi connectivity index (χ4n) is 0.821. The second kappa shape index (κ2) is 5.50. The Morgan fingerprint density at radius 3 is 2.31 bits per heavy atom. The molecule has 2 rings (SSSR count). The van der Waals surface area contributed by atoms with E-state index < -0.39 is 0 Å². The third-order valence-corrected chi connectivity index (χ3v) is 1.32. The molecule has 2 aromatic heterocycles. The van der Waals surface area contributed by atoms with E-state index in [9.17, 15) is 0 Å². The Kier molecular flexibility index (Phi) is 5.03. The molecule has 0 aliphatic rings. The van der Waals surface area contributed by atoms with Gasteiger partial charge in [-0.15, -0.1) is 24.8 Å². The van der Waals surface area contributed by atoms with Crippen molar-refractivity contribution in [2.45, 2.75) is 0 Å². The smallest absolute Gasteiger partial charge is 0.162 e. The Bertz CT molecular complexity index is 321. The molecule has 2 heterocycles. The van der Waals surface area contributed by atoms with Crippen molar-refractivity contribution in [2.24, 2.45) is 0 Å². The Morgan fingerprint density at radius 2 is 1.77 bits per heavy atom. The molecule has 2 aromatic rings. The lowest BCUT2D eigenvalue weighted by atomic mass is 10.3. The fraction of sp³-hybridized carbons (Fsp3) is 0. The number of H-pyrrole nitrogens is 1. The molecular weight excluding hydrogens is 211 g/mol. The highest BCUT2D eigenvalue weighted by Gasteiger charge is 1.97. The van der Waals surface area contributed by atoms with Crippen molar-refractivity contribution in [3.63, 3.8) is 0 Å². The Morgan fingerprint density at radius 1 is 1.08 bits per heavy atom. The third kappa shape index (κ3) is 2.68. The normalized spacial score (nSPS) is 8.31. The quantitative estimate of drug-likeness (QED) is 0.794. The minimum Gasteiger partial charge on any atom is -0.285 e. The molecule has 1 N–H and O–H groups in total. The summed E-state index contributed by atoms with van der Waals surface area (Å²) in [6.45, 7) is 0. The van der Waals surface area contributed by atoms with Gasteiger partial charge in [-0.25, -0.2) is 9.97 Å². The van der Waals surface area contributed by atoms with Crippen molar-refractivity contribution < 1.29 is 0 Å². The SMILES string of the molecule is Cl.Cl.c1cnc(-c2cn[nH]c2)nc1. The lowest BCUT2D eigenvalue weighted by molar-refractivity contribution is 1.09. The van der Waals surface area contributed by atoms with Crippen LogP contribution < -0.4 is 0 Å². The number of aromatic nitrogens is 4. The number of aromatic amines is 1. The second-order valence-electron chi connectivity index (χ2n) is 2.06. The van der Waals surface area contributed by atoms with E-state index in [-0.39, 0.29) is 24.8 Å². The maximum Gasteiger partial charge on any atom is 0.162 e. The monoisotopic (exact) mass is 218 g/mol. The zero-order valence-electron chi connectivity index (χ0n) is 6.54. The largest absolute Gasteiger partial charge is 0.285 e. The molecule has 0 unspecified atom stereocenters. The maximum atomic E-state index is 4.05. The molecule has 0 fully saturated rings. The van der Waals surface area contributed by atoms with Crippen molar-refractivity contribution >= 4 is 24.8 Å². The van der Waals surface area contributed by atoms with Crippen LogP contribution in [0.15, 0.2) is 30.9 Å². The average Bonchev–Trinajstić information content (AvgIpc) is 2.58. The Labute approximate surface area is 87.6 Å². The molecule has 0 spiro atoms. The Hall–Kier alpha value is -1.13. The van der Waals surface area contributed by atoms with Gasteiger partial charge in [0.15, 0.2) is 5.82 Å². The molecule has 4 nitrogen and oxygen atoms in total. The van der Waals surface area contributed by atoms with Gasteiger partial charge in [-0.1, -0.05) is 0 Å². The first kappa shape index (κ1) is 11.9. The minimum absolute atomic E-state index is 0. The summed E-state index contributed by atoms with van der Waals surface area (Å²) < 4.78 is 0. The van der Waals surface area contributed by atoms with Crippen LogP contribution in [-0.2, 0) is 0 Å². The summed E-state index contributed by atoms with van der Waals surface area (Å²) in [5.41, 5.74) is 0.908. The molecule has 0 radical (unpaired) electrons. The van der Waals surface area contributed by atoms with E-state index in [1.54, 1.807) is 30.9 Å². The second-order valence-corrected chi connectivity index (χ2v) is 2.06. The molecule has 0 atom stereocenters. The zero-order valence-corrected chi connectivity index (χ0v) is 8.18. The van der Waals surface area contributed by atoms with Crippen molar-refractivity contribution in [3.05, 3.63) is 30.9 Å². The van der Waals surface area contributed by atoms with Crippen LogP contribution in [0, 0.1) is 0 Å². The molecule has 0 aromatic carbocycles. The van der Waals surface area contributed by atoms with Gasteiger partial charge in [-0.3, -0.25) is 5.10 Å². The molecule has 0 amide bonds. The number of hydrogen-bond acceptors (Lipinski definition) is 3. The number of rotatable bonds is 1. The van der Waals surface area contributed by atoms with E-state index >= 15 is 0 Å². The van der Waals surface area contributed by atoms with E-state index in [0.717, 1.165) is 5.56 Å². The summed E-state index contributed by atoms with van der Waals surface area (Å²) in [5, 5.41) is 6.49. The molecule has 0 aliphatic carbocycles. The van der Waals surface area contributed by atoms with Gasteiger partial charge in [0, 0.05) is 18.6 Å². The topological polar surface area (TPSA) is 54.5 Å².